The number of hydrogen-bond donors (Lipinski definition) is 1. The van der Waals surface area contributed by atoms with Crippen LogP contribution in [0.25, 0.3) is 5.70 Å². The number of fused-ring (bicyclic) bond motifs is 1. The highest BCUT2D eigenvalue weighted by atomic mass is 35.5. The lowest BCUT2D eigenvalue weighted by atomic mass is 10.0. The zero-order valence-corrected chi connectivity index (χ0v) is 19.1. The maximum atomic E-state index is 13.0. The molecule has 0 fully saturated rings. The number of anilines is 2. The van der Waals surface area contributed by atoms with E-state index in [1.165, 1.54) is 0 Å². The van der Waals surface area contributed by atoms with Gasteiger partial charge in [-0.2, -0.15) is 4.68 Å². The van der Waals surface area contributed by atoms with Crippen LogP contribution in [0.2, 0.25) is 5.02 Å². The first-order valence-corrected chi connectivity index (χ1v) is 11.0. The Kier molecular flexibility index (Phi) is 5.97. The van der Waals surface area contributed by atoms with Crippen molar-refractivity contribution in [3.8, 4) is 5.75 Å². The minimum Gasteiger partial charge on any atom is -0.497 e. The molecule has 1 atom stereocenters. The highest BCUT2D eigenvalue weighted by molar-refractivity contribution is 6.30. The number of carbonyl (C=O) groups is 1. The minimum atomic E-state index is -0.224. The molecular formula is C25H21ClN6O2. The van der Waals surface area contributed by atoms with Crippen molar-refractivity contribution in [2.24, 2.45) is 0 Å². The molecule has 1 aliphatic rings. The van der Waals surface area contributed by atoms with E-state index in [1.807, 2.05) is 59.5 Å². The number of aromatic nitrogens is 4. The predicted octanol–water partition coefficient (Wildman–Crippen LogP) is 4.42. The Hall–Kier alpha value is -4.17. The summed E-state index contributed by atoms with van der Waals surface area (Å²) in [7, 11) is 1.60. The maximum absolute atomic E-state index is 13.0. The lowest BCUT2D eigenvalue weighted by Gasteiger charge is -2.32. The molecule has 170 valence electrons. The molecule has 1 amide bonds. The molecule has 0 saturated carbocycles. The number of ether oxygens (including phenoxy) is 1. The minimum absolute atomic E-state index is 0.0162. The molecule has 1 N–H and O–H groups in total. The van der Waals surface area contributed by atoms with Crippen molar-refractivity contribution < 1.29 is 9.53 Å². The average Bonchev–Trinajstić information content (AvgIpc) is 3.36. The van der Waals surface area contributed by atoms with Crippen LogP contribution in [0.1, 0.15) is 17.2 Å². The largest absolute Gasteiger partial charge is 0.497 e. The van der Waals surface area contributed by atoms with Gasteiger partial charge in [-0.3, -0.25) is 9.69 Å². The molecule has 4 aromatic rings. The second-order valence-corrected chi connectivity index (χ2v) is 8.14. The van der Waals surface area contributed by atoms with Crippen LogP contribution in [0, 0.1) is 0 Å². The zero-order chi connectivity index (χ0) is 23.5. The van der Waals surface area contributed by atoms with Gasteiger partial charge < -0.3 is 10.1 Å². The Balaban J connectivity index is 1.50. The van der Waals surface area contributed by atoms with Gasteiger partial charge in [0, 0.05) is 10.7 Å². The van der Waals surface area contributed by atoms with Crippen LogP contribution in [0.3, 0.4) is 0 Å². The number of allylic oxidation sites excluding steroid dienone is 1. The van der Waals surface area contributed by atoms with E-state index in [1.54, 1.807) is 36.1 Å². The first-order valence-electron chi connectivity index (χ1n) is 10.6. The summed E-state index contributed by atoms with van der Waals surface area (Å²) in [6, 6.07) is 24.4. The van der Waals surface area contributed by atoms with Gasteiger partial charge in [-0.25, -0.2) is 0 Å². The monoisotopic (exact) mass is 472 g/mol. The third-order valence-electron chi connectivity index (χ3n) is 5.54. The number of methoxy groups -OCH3 is 1. The van der Waals surface area contributed by atoms with E-state index < -0.39 is 0 Å². The number of hydrogen-bond acceptors (Lipinski definition) is 6. The van der Waals surface area contributed by atoms with Crippen molar-refractivity contribution in [1.82, 2.24) is 20.2 Å². The normalized spacial score (nSPS) is 14.8. The van der Waals surface area contributed by atoms with Crippen molar-refractivity contribution in [3.05, 3.63) is 101 Å². The Morgan fingerprint density at radius 1 is 1.03 bits per heavy atom. The van der Waals surface area contributed by atoms with Gasteiger partial charge in [0.2, 0.25) is 5.91 Å². The standard InChI is InChI=1S/C25H21ClN6O2/c1-34-21-13-11-20(12-14-21)27-24(33)16-31-22(18-7-9-19(26)10-8-18)15-23(17-5-3-2-4-6-17)32-25(31)28-29-30-32/h2-15,23H,16H2,1H3,(H,27,33)/t23-/m1/s1. The summed E-state index contributed by atoms with van der Waals surface area (Å²) < 4.78 is 6.90. The molecule has 34 heavy (non-hydrogen) atoms. The maximum Gasteiger partial charge on any atom is 0.251 e. The summed E-state index contributed by atoms with van der Waals surface area (Å²) in [6.45, 7) is 0.0162. The molecule has 0 radical (unpaired) electrons. The topological polar surface area (TPSA) is 85.2 Å². The molecule has 0 unspecified atom stereocenters. The van der Waals surface area contributed by atoms with Crippen LogP contribution in [-0.4, -0.2) is 39.8 Å². The molecule has 1 aliphatic heterocycles. The summed E-state index contributed by atoms with van der Waals surface area (Å²) in [5, 5.41) is 15.9. The molecule has 2 heterocycles. The molecule has 0 saturated heterocycles. The SMILES string of the molecule is COc1ccc(NC(=O)CN2C(c3ccc(Cl)cc3)=C[C@H](c3ccccc3)n3nnnc32)cc1. The fourth-order valence-corrected chi connectivity index (χ4v) is 4.03. The van der Waals surface area contributed by atoms with Crippen LogP contribution in [-0.2, 0) is 4.79 Å². The van der Waals surface area contributed by atoms with Crippen LogP contribution < -0.4 is 15.0 Å². The van der Waals surface area contributed by atoms with Gasteiger partial charge in [0.25, 0.3) is 5.95 Å². The fourth-order valence-electron chi connectivity index (χ4n) is 3.90. The van der Waals surface area contributed by atoms with E-state index in [2.05, 4.69) is 26.9 Å². The smallest absolute Gasteiger partial charge is 0.251 e. The van der Waals surface area contributed by atoms with E-state index in [9.17, 15) is 4.79 Å². The van der Waals surface area contributed by atoms with E-state index in [4.69, 9.17) is 16.3 Å². The van der Waals surface area contributed by atoms with Gasteiger partial charge in [0.1, 0.15) is 18.3 Å². The number of carbonyl (C=O) groups excluding carboxylic acids is 1. The molecule has 0 bridgehead atoms. The lowest BCUT2D eigenvalue weighted by Crippen LogP contribution is -2.37. The number of nitrogens with one attached hydrogen (secondary N) is 1. The first kappa shape index (κ1) is 21.7. The van der Waals surface area contributed by atoms with Gasteiger partial charge >= 0.3 is 0 Å². The number of tetrazole rings is 1. The highest BCUT2D eigenvalue weighted by Gasteiger charge is 2.31. The second-order valence-electron chi connectivity index (χ2n) is 7.70. The molecule has 1 aromatic heterocycles. The summed E-state index contributed by atoms with van der Waals surface area (Å²) >= 11 is 6.13. The molecule has 8 nitrogen and oxygen atoms in total. The molecule has 3 aromatic carbocycles. The summed E-state index contributed by atoms with van der Waals surface area (Å²) in [5.74, 6) is 0.983. The number of halogens is 1. The Labute approximate surface area is 201 Å². The Bertz CT molecular complexity index is 1320. The van der Waals surface area contributed by atoms with E-state index in [0.717, 1.165) is 16.8 Å². The quantitative estimate of drug-likeness (QED) is 0.447. The van der Waals surface area contributed by atoms with Gasteiger partial charge in [-0.1, -0.05) is 59.2 Å². The van der Waals surface area contributed by atoms with Crippen LogP contribution >= 0.6 is 11.6 Å². The molecular weight excluding hydrogens is 452 g/mol. The number of amides is 1. The third-order valence-corrected chi connectivity index (χ3v) is 5.80. The van der Waals surface area contributed by atoms with Gasteiger partial charge in [-0.05, 0) is 64.0 Å². The third kappa shape index (κ3) is 4.35. The average molecular weight is 473 g/mol. The van der Waals surface area contributed by atoms with Crippen LogP contribution in [0.4, 0.5) is 11.6 Å². The van der Waals surface area contributed by atoms with E-state index >= 15 is 0 Å². The number of benzene rings is 3. The Morgan fingerprint density at radius 2 is 1.76 bits per heavy atom. The molecule has 9 heteroatoms. The van der Waals surface area contributed by atoms with Crippen molar-refractivity contribution >= 4 is 34.8 Å². The molecule has 5 rings (SSSR count). The summed E-state index contributed by atoms with van der Waals surface area (Å²) in [4.78, 5) is 14.8. The van der Waals surface area contributed by atoms with Gasteiger partial charge in [0.15, 0.2) is 0 Å². The lowest BCUT2D eigenvalue weighted by molar-refractivity contribution is -0.114. The first-order chi connectivity index (χ1) is 16.6. The molecule has 0 aliphatic carbocycles. The fraction of sp³-hybridized carbons (Fsp3) is 0.120. The number of rotatable bonds is 6. The van der Waals surface area contributed by atoms with Crippen LogP contribution in [0.15, 0.2) is 84.9 Å². The Morgan fingerprint density at radius 3 is 2.47 bits per heavy atom. The van der Waals surface area contributed by atoms with Crippen LogP contribution in [0.5, 0.6) is 5.75 Å². The van der Waals surface area contributed by atoms with Gasteiger partial charge in [-0.15, -0.1) is 0 Å². The summed E-state index contributed by atoms with van der Waals surface area (Å²) in [6.07, 6.45) is 2.06. The summed E-state index contributed by atoms with van der Waals surface area (Å²) in [5.41, 5.74) is 3.42. The van der Waals surface area contributed by atoms with Crippen molar-refractivity contribution in [2.45, 2.75) is 6.04 Å². The predicted molar refractivity (Wildman–Crippen MR) is 131 cm³/mol. The van der Waals surface area contributed by atoms with Gasteiger partial charge in [0.05, 0.1) is 12.8 Å². The zero-order valence-electron chi connectivity index (χ0n) is 18.3. The van der Waals surface area contributed by atoms with Crippen molar-refractivity contribution in [2.75, 3.05) is 23.9 Å². The highest BCUT2D eigenvalue weighted by Crippen LogP contribution is 2.36. The second kappa shape index (κ2) is 9.36. The van der Waals surface area contributed by atoms with Crippen molar-refractivity contribution in [1.29, 1.82) is 0 Å². The van der Waals surface area contributed by atoms with E-state index in [-0.39, 0.29) is 18.5 Å². The van der Waals surface area contributed by atoms with E-state index in [0.29, 0.717) is 22.4 Å². The molecule has 0 spiro atoms. The van der Waals surface area contributed by atoms with Crippen molar-refractivity contribution in [3.63, 3.8) is 0 Å². The number of nitrogens with zero attached hydrogens (tertiary/aromatic N) is 5.